The van der Waals surface area contributed by atoms with Crippen molar-refractivity contribution in [1.82, 2.24) is 10.6 Å². The van der Waals surface area contributed by atoms with Gasteiger partial charge in [0, 0.05) is 36.5 Å². The summed E-state index contributed by atoms with van der Waals surface area (Å²) in [6.07, 6.45) is 1.15. The molecule has 0 radical (unpaired) electrons. The number of imide groups is 2. The highest BCUT2D eigenvalue weighted by Crippen LogP contribution is 2.30. The zero-order valence-electron chi connectivity index (χ0n) is 14.7. The Hall–Kier alpha value is -3.27. The molecule has 0 bridgehead atoms. The fourth-order valence-electron chi connectivity index (χ4n) is 3.20. The van der Waals surface area contributed by atoms with E-state index in [9.17, 15) is 24.5 Å². The Balaban J connectivity index is 2.06. The molecule has 2 heterocycles. The van der Waals surface area contributed by atoms with Crippen molar-refractivity contribution in [2.24, 2.45) is 0 Å². The van der Waals surface area contributed by atoms with Gasteiger partial charge >= 0.3 is 6.03 Å². The molecule has 2 unspecified atom stereocenters. The number of anilines is 1. The van der Waals surface area contributed by atoms with Crippen molar-refractivity contribution in [3.63, 3.8) is 0 Å². The van der Waals surface area contributed by atoms with Gasteiger partial charge in [0.05, 0.1) is 17.1 Å². The van der Waals surface area contributed by atoms with Gasteiger partial charge < -0.3 is 9.64 Å². The van der Waals surface area contributed by atoms with Gasteiger partial charge in [0.15, 0.2) is 0 Å². The van der Waals surface area contributed by atoms with Crippen LogP contribution in [0.4, 0.5) is 16.2 Å². The van der Waals surface area contributed by atoms with Crippen LogP contribution >= 0.6 is 0 Å². The summed E-state index contributed by atoms with van der Waals surface area (Å²) in [6, 6.07) is 3.34. The number of urea groups is 1. The predicted octanol–water partition coefficient (Wildman–Crippen LogP) is 0.958. The van der Waals surface area contributed by atoms with Crippen LogP contribution in [0.25, 0.3) is 6.08 Å². The molecule has 2 saturated heterocycles. The van der Waals surface area contributed by atoms with E-state index in [4.69, 9.17) is 4.74 Å². The van der Waals surface area contributed by atoms with Crippen molar-refractivity contribution < 1.29 is 24.0 Å². The fraction of sp³-hybridized carbons (Fsp3) is 0.353. The van der Waals surface area contributed by atoms with E-state index in [1.807, 2.05) is 29.4 Å². The number of amides is 4. The molecule has 0 saturated carbocycles. The highest BCUT2D eigenvalue weighted by Gasteiger charge is 2.29. The van der Waals surface area contributed by atoms with E-state index in [1.165, 1.54) is 18.2 Å². The smallest absolute Gasteiger partial charge is 0.328 e. The lowest BCUT2D eigenvalue weighted by Gasteiger charge is -2.37. The van der Waals surface area contributed by atoms with Crippen LogP contribution in [0.1, 0.15) is 19.4 Å². The first-order chi connectivity index (χ1) is 12.7. The van der Waals surface area contributed by atoms with E-state index in [1.54, 1.807) is 6.07 Å². The van der Waals surface area contributed by atoms with E-state index in [0.717, 1.165) is 0 Å². The van der Waals surface area contributed by atoms with Crippen LogP contribution < -0.4 is 15.5 Å². The number of nitrogens with zero attached hydrogens (tertiary/aromatic N) is 2. The van der Waals surface area contributed by atoms with Gasteiger partial charge in [0.1, 0.15) is 5.57 Å². The summed E-state index contributed by atoms with van der Waals surface area (Å²) in [4.78, 5) is 47.8. The lowest BCUT2D eigenvalue weighted by Crippen LogP contribution is -2.51. The van der Waals surface area contributed by atoms with Crippen LogP contribution in [-0.2, 0) is 14.3 Å². The van der Waals surface area contributed by atoms with E-state index in [0.29, 0.717) is 24.3 Å². The summed E-state index contributed by atoms with van der Waals surface area (Å²) in [5.41, 5.74) is 0.492. The predicted molar refractivity (Wildman–Crippen MR) is 95.0 cm³/mol. The molecule has 2 aliphatic rings. The highest BCUT2D eigenvalue weighted by molar-refractivity contribution is 6.31. The monoisotopic (exact) mass is 374 g/mol. The summed E-state index contributed by atoms with van der Waals surface area (Å²) in [7, 11) is 0. The molecule has 0 aliphatic carbocycles. The molecule has 3 rings (SSSR count). The first-order valence-electron chi connectivity index (χ1n) is 8.32. The van der Waals surface area contributed by atoms with Gasteiger partial charge in [0.2, 0.25) is 0 Å². The third-order valence-electron chi connectivity index (χ3n) is 4.23. The molecule has 2 atom stereocenters. The standard InChI is InChI=1S/C17H18N4O6/c1-9-7-20(8-10(2)27-9)14-4-3-12(21(25)26)5-11(14)6-13-15(22)18-17(24)19-16(13)23/h3-6,9-10H,7-8H2,1-2H3,(H2,18,19,22,23,24). The minimum absolute atomic E-state index is 0.0525. The number of hydrogen-bond donors (Lipinski definition) is 2. The number of ether oxygens (including phenoxy) is 1. The second-order valence-corrected chi connectivity index (χ2v) is 6.46. The molecule has 2 fully saturated rings. The van der Waals surface area contributed by atoms with Crippen LogP contribution in [0.3, 0.4) is 0 Å². The molecule has 4 amide bonds. The molecular formula is C17H18N4O6. The third-order valence-corrected chi connectivity index (χ3v) is 4.23. The van der Waals surface area contributed by atoms with Crippen LogP contribution in [-0.4, -0.2) is 48.1 Å². The molecule has 0 spiro atoms. The lowest BCUT2D eigenvalue weighted by molar-refractivity contribution is -0.384. The molecule has 10 heteroatoms. The zero-order chi connectivity index (χ0) is 19.7. The molecule has 2 aliphatic heterocycles. The summed E-state index contributed by atoms with van der Waals surface area (Å²) < 4.78 is 5.70. The normalized spacial score (nSPS) is 23.0. The Morgan fingerprint density at radius 1 is 1.15 bits per heavy atom. The number of non-ortho nitro benzene ring substituents is 1. The number of benzene rings is 1. The summed E-state index contributed by atoms with van der Waals surface area (Å²) >= 11 is 0. The molecule has 2 N–H and O–H groups in total. The number of nitro groups is 1. The molecule has 10 nitrogen and oxygen atoms in total. The average molecular weight is 374 g/mol. The van der Waals surface area contributed by atoms with Crippen molar-refractivity contribution in [2.75, 3.05) is 18.0 Å². The highest BCUT2D eigenvalue weighted by atomic mass is 16.6. The SMILES string of the molecule is CC1CN(c2ccc([N+](=O)[O-])cc2C=C2C(=O)NC(=O)NC2=O)CC(C)O1. The number of barbiturate groups is 1. The maximum absolute atomic E-state index is 12.0. The van der Waals surface area contributed by atoms with Crippen LogP contribution in [0.15, 0.2) is 23.8 Å². The number of hydrogen-bond acceptors (Lipinski definition) is 7. The maximum atomic E-state index is 12.0. The van der Waals surface area contributed by atoms with Crippen LogP contribution in [0, 0.1) is 10.1 Å². The lowest BCUT2D eigenvalue weighted by atomic mass is 10.0. The number of morpholine rings is 1. The van der Waals surface area contributed by atoms with Gasteiger partial charge in [-0.15, -0.1) is 0 Å². The third kappa shape index (κ3) is 3.95. The quantitative estimate of drug-likeness (QED) is 0.349. The van der Waals surface area contributed by atoms with Gasteiger partial charge in [0.25, 0.3) is 17.5 Å². The first-order valence-corrected chi connectivity index (χ1v) is 8.32. The van der Waals surface area contributed by atoms with Gasteiger partial charge in [-0.05, 0) is 26.0 Å². The van der Waals surface area contributed by atoms with Crippen LogP contribution in [0.2, 0.25) is 0 Å². The van der Waals surface area contributed by atoms with E-state index < -0.39 is 22.8 Å². The molecule has 1 aromatic carbocycles. The van der Waals surface area contributed by atoms with Crippen molar-refractivity contribution in [3.8, 4) is 0 Å². The Morgan fingerprint density at radius 3 is 2.30 bits per heavy atom. The minimum Gasteiger partial charge on any atom is -0.372 e. The van der Waals surface area contributed by atoms with Crippen molar-refractivity contribution in [1.29, 1.82) is 0 Å². The minimum atomic E-state index is -0.905. The number of carbonyl (C=O) groups excluding carboxylic acids is 3. The van der Waals surface area contributed by atoms with Crippen molar-refractivity contribution in [3.05, 3.63) is 39.4 Å². The Kier molecular flexibility index (Phi) is 4.91. The average Bonchev–Trinajstić information content (AvgIpc) is 2.57. The molecule has 1 aromatic rings. The maximum Gasteiger partial charge on any atom is 0.328 e. The van der Waals surface area contributed by atoms with E-state index >= 15 is 0 Å². The van der Waals surface area contributed by atoms with Crippen molar-refractivity contribution in [2.45, 2.75) is 26.1 Å². The second-order valence-electron chi connectivity index (χ2n) is 6.46. The van der Waals surface area contributed by atoms with Crippen molar-refractivity contribution >= 4 is 35.3 Å². The molecule has 142 valence electrons. The number of rotatable bonds is 3. The molecule has 27 heavy (non-hydrogen) atoms. The summed E-state index contributed by atoms with van der Waals surface area (Å²) in [5, 5.41) is 15.1. The van der Waals surface area contributed by atoms with Gasteiger partial charge in [-0.1, -0.05) is 0 Å². The largest absolute Gasteiger partial charge is 0.372 e. The number of nitro benzene ring substituents is 1. The Labute approximate surface area is 154 Å². The topological polar surface area (TPSA) is 131 Å². The zero-order valence-corrected chi connectivity index (χ0v) is 14.7. The van der Waals surface area contributed by atoms with Gasteiger partial charge in [-0.25, -0.2) is 4.79 Å². The van der Waals surface area contributed by atoms with Gasteiger partial charge in [-0.2, -0.15) is 0 Å². The summed E-state index contributed by atoms with van der Waals surface area (Å²) in [5.74, 6) is -1.71. The van der Waals surface area contributed by atoms with E-state index in [-0.39, 0.29) is 23.5 Å². The van der Waals surface area contributed by atoms with E-state index in [2.05, 4.69) is 0 Å². The molecular weight excluding hydrogens is 356 g/mol. The molecule has 0 aromatic heterocycles. The number of nitrogens with one attached hydrogen (secondary N) is 2. The fourth-order valence-corrected chi connectivity index (χ4v) is 3.20. The Bertz CT molecular complexity index is 833. The van der Waals surface area contributed by atoms with Gasteiger partial charge in [-0.3, -0.25) is 30.3 Å². The summed E-state index contributed by atoms with van der Waals surface area (Å²) in [6.45, 7) is 4.93. The second kappa shape index (κ2) is 7.16. The Morgan fingerprint density at radius 2 is 1.74 bits per heavy atom. The first kappa shape index (κ1) is 18.5. The van der Waals surface area contributed by atoms with Crippen LogP contribution in [0.5, 0.6) is 0 Å². The number of carbonyl (C=O) groups is 3.